The molecule has 1 rings (SSSR count). The second kappa shape index (κ2) is 9.37. The number of aliphatic hydroxyl groups is 1. The van der Waals surface area contributed by atoms with Crippen LogP contribution in [0.5, 0.6) is 5.75 Å². The van der Waals surface area contributed by atoms with Crippen LogP contribution < -0.4 is 10.1 Å². The Morgan fingerprint density at radius 3 is 2.55 bits per heavy atom. The molecule has 0 fully saturated rings. The Balaban J connectivity index is 2.40. The molecule has 1 amide bonds. The monoisotopic (exact) mass is 279 g/mol. The van der Waals surface area contributed by atoms with Crippen LogP contribution in [0.3, 0.4) is 0 Å². The average Bonchev–Trinajstić information content (AvgIpc) is 2.46. The van der Waals surface area contributed by atoms with Crippen molar-refractivity contribution in [2.45, 2.75) is 45.6 Å². The first kappa shape index (κ1) is 16.5. The molecule has 1 unspecified atom stereocenters. The highest BCUT2D eigenvalue weighted by Crippen LogP contribution is 2.12. The number of carbonyl (C=O) groups excluding carboxylic acids is 1. The second-order valence-electron chi connectivity index (χ2n) is 4.88. The van der Waals surface area contributed by atoms with Crippen molar-refractivity contribution in [2.75, 3.05) is 13.2 Å². The lowest BCUT2D eigenvalue weighted by molar-refractivity contribution is 0.0910. The molecule has 4 heteroatoms. The van der Waals surface area contributed by atoms with Crippen LogP contribution in [0.2, 0.25) is 0 Å². The number of nitrogens with one attached hydrogen (secondary N) is 1. The van der Waals surface area contributed by atoms with Crippen LogP contribution in [0.4, 0.5) is 0 Å². The van der Waals surface area contributed by atoms with E-state index in [2.05, 4.69) is 12.2 Å². The van der Waals surface area contributed by atoms with Crippen LogP contribution in [0.25, 0.3) is 0 Å². The van der Waals surface area contributed by atoms with Crippen molar-refractivity contribution in [3.63, 3.8) is 0 Å². The molecule has 4 nitrogen and oxygen atoms in total. The fourth-order valence-corrected chi connectivity index (χ4v) is 1.78. The number of unbranched alkanes of at least 4 members (excludes halogenated alkanes) is 1. The van der Waals surface area contributed by atoms with Gasteiger partial charge in [-0.25, -0.2) is 0 Å². The Morgan fingerprint density at radius 1 is 1.25 bits per heavy atom. The molecule has 0 radical (unpaired) electrons. The first-order chi connectivity index (χ1) is 9.67. The van der Waals surface area contributed by atoms with E-state index in [1.54, 1.807) is 24.3 Å². The third-order valence-electron chi connectivity index (χ3n) is 3.00. The zero-order chi connectivity index (χ0) is 14.8. The lowest BCUT2D eigenvalue weighted by Gasteiger charge is -2.11. The zero-order valence-corrected chi connectivity index (χ0v) is 12.4. The maximum Gasteiger partial charge on any atom is 0.251 e. The molecule has 0 bridgehead atoms. The number of ether oxygens (including phenoxy) is 1. The molecule has 20 heavy (non-hydrogen) atoms. The van der Waals surface area contributed by atoms with Gasteiger partial charge >= 0.3 is 0 Å². The lowest BCUT2D eigenvalue weighted by atomic mass is 10.2. The van der Waals surface area contributed by atoms with Gasteiger partial charge in [0.2, 0.25) is 0 Å². The highest BCUT2D eigenvalue weighted by molar-refractivity contribution is 5.94. The summed E-state index contributed by atoms with van der Waals surface area (Å²) >= 11 is 0. The van der Waals surface area contributed by atoms with Crippen molar-refractivity contribution in [1.82, 2.24) is 5.32 Å². The SMILES string of the molecule is CCCCOc1ccc(C(=O)NCC(O)CCC)cc1. The number of rotatable bonds is 9. The molecule has 0 saturated carbocycles. The highest BCUT2D eigenvalue weighted by Gasteiger charge is 2.08. The highest BCUT2D eigenvalue weighted by atomic mass is 16.5. The molecule has 2 N–H and O–H groups in total. The van der Waals surface area contributed by atoms with E-state index in [4.69, 9.17) is 4.74 Å². The van der Waals surface area contributed by atoms with E-state index in [1.165, 1.54) is 0 Å². The normalized spacial score (nSPS) is 11.9. The third kappa shape index (κ3) is 6.06. The maximum absolute atomic E-state index is 11.9. The summed E-state index contributed by atoms with van der Waals surface area (Å²) in [5.74, 6) is 0.612. The van der Waals surface area contributed by atoms with Gasteiger partial charge < -0.3 is 15.2 Å². The van der Waals surface area contributed by atoms with Crippen molar-refractivity contribution in [3.05, 3.63) is 29.8 Å². The van der Waals surface area contributed by atoms with E-state index in [-0.39, 0.29) is 5.91 Å². The Labute approximate surface area is 121 Å². The number of amides is 1. The molecule has 1 aromatic carbocycles. The summed E-state index contributed by atoms with van der Waals surface area (Å²) in [6, 6.07) is 7.08. The Bertz CT molecular complexity index is 389. The minimum atomic E-state index is -0.472. The Hall–Kier alpha value is -1.55. The van der Waals surface area contributed by atoms with Crippen molar-refractivity contribution >= 4 is 5.91 Å². The van der Waals surface area contributed by atoms with Crippen molar-refractivity contribution < 1.29 is 14.6 Å². The molecular formula is C16H25NO3. The number of benzene rings is 1. The molecule has 0 aliphatic rings. The molecule has 0 aromatic heterocycles. The van der Waals surface area contributed by atoms with Crippen LogP contribution in [-0.2, 0) is 0 Å². The standard InChI is InChI=1S/C16H25NO3/c1-3-5-11-20-15-9-7-13(8-10-15)16(19)17-12-14(18)6-4-2/h7-10,14,18H,3-6,11-12H2,1-2H3,(H,17,19). The summed E-state index contributed by atoms with van der Waals surface area (Å²) in [6.07, 6.45) is 3.25. The Morgan fingerprint density at radius 2 is 1.95 bits per heavy atom. The zero-order valence-electron chi connectivity index (χ0n) is 12.4. The predicted octanol–water partition coefficient (Wildman–Crippen LogP) is 2.76. The summed E-state index contributed by atoms with van der Waals surface area (Å²) in [4.78, 5) is 11.9. The van der Waals surface area contributed by atoms with Crippen LogP contribution >= 0.6 is 0 Å². The van der Waals surface area contributed by atoms with E-state index < -0.39 is 6.10 Å². The molecule has 0 heterocycles. The van der Waals surface area contributed by atoms with Gasteiger partial charge in [-0.05, 0) is 37.1 Å². The van der Waals surface area contributed by atoms with Gasteiger partial charge in [0.25, 0.3) is 5.91 Å². The van der Waals surface area contributed by atoms with Gasteiger partial charge in [0.15, 0.2) is 0 Å². The third-order valence-corrected chi connectivity index (χ3v) is 3.00. The fourth-order valence-electron chi connectivity index (χ4n) is 1.78. The predicted molar refractivity (Wildman–Crippen MR) is 80.1 cm³/mol. The van der Waals surface area contributed by atoms with Crippen LogP contribution in [0.1, 0.15) is 49.9 Å². The summed E-state index contributed by atoms with van der Waals surface area (Å²) < 4.78 is 5.54. The summed E-state index contributed by atoms with van der Waals surface area (Å²) in [5, 5.41) is 12.3. The van der Waals surface area contributed by atoms with Crippen LogP contribution in [0, 0.1) is 0 Å². The second-order valence-corrected chi connectivity index (χ2v) is 4.88. The summed E-state index contributed by atoms with van der Waals surface area (Å²) in [7, 11) is 0. The van der Waals surface area contributed by atoms with Crippen molar-refractivity contribution in [1.29, 1.82) is 0 Å². The number of aliphatic hydroxyl groups excluding tert-OH is 1. The number of carbonyl (C=O) groups is 1. The molecule has 1 aromatic rings. The quantitative estimate of drug-likeness (QED) is 0.683. The van der Waals surface area contributed by atoms with Crippen molar-refractivity contribution in [3.8, 4) is 5.75 Å². The lowest BCUT2D eigenvalue weighted by Crippen LogP contribution is -2.31. The maximum atomic E-state index is 11.9. The smallest absolute Gasteiger partial charge is 0.251 e. The van der Waals surface area contributed by atoms with E-state index in [0.29, 0.717) is 25.1 Å². The summed E-state index contributed by atoms with van der Waals surface area (Å²) in [5.41, 5.74) is 0.580. The van der Waals surface area contributed by atoms with Gasteiger partial charge in [-0.2, -0.15) is 0 Å². The summed E-state index contributed by atoms with van der Waals surface area (Å²) in [6.45, 7) is 5.11. The molecular weight excluding hydrogens is 254 g/mol. The molecule has 0 aliphatic heterocycles. The van der Waals surface area contributed by atoms with E-state index in [1.807, 2.05) is 6.92 Å². The fraction of sp³-hybridized carbons (Fsp3) is 0.562. The largest absolute Gasteiger partial charge is 0.494 e. The van der Waals surface area contributed by atoms with Crippen LogP contribution in [0.15, 0.2) is 24.3 Å². The van der Waals surface area contributed by atoms with Gasteiger partial charge in [-0.3, -0.25) is 4.79 Å². The van der Waals surface area contributed by atoms with Gasteiger partial charge in [-0.15, -0.1) is 0 Å². The first-order valence-electron chi connectivity index (χ1n) is 7.36. The van der Waals surface area contributed by atoms with Gasteiger partial charge in [0, 0.05) is 12.1 Å². The molecule has 0 aliphatic carbocycles. The first-order valence-corrected chi connectivity index (χ1v) is 7.36. The number of hydrogen-bond acceptors (Lipinski definition) is 3. The minimum absolute atomic E-state index is 0.166. The van der Waals surface area contributed by atoms with E-state index >= 15 is 0 Å². The molecule has 0 spiro atoms. The van der Waals surface area contributed by atoms with Gasteiger partial charge in [0.05, 0.1) is 12.7 Å². The topological polar surface area (TPSA) is 58.6 Å². The van der Waals surface area contributed by atoms with Gasteiger partial charge in [0.1, 0.15) is 5.75 Å². The van der Waals surface area contributed by atoms with E-state index in [0.717, 1.165) is 25.0 Å². The van der Waals surface area contributed by atoms with E-state index in [9.17, 15) is 9.90 Å². The Kier molecular flexibility index (Phi) is 7.73. The van der Waals surface area contributed by atoms with Crippen LogP contribution in [-0.4, -0.2) is 30.3 Å². The van der Waals surface area contributed by atoms with Gasteiger partial charge in [-0.1, -0.05) is 26.7 Å². The minimum Gasteiger partial charge on any atom is -0.494 e. The van der Waals surface area contributed by atoms with Crippen molar-refractivity contribution in [2.24, 2.45) is 0 Å². The molecule has 1 atom stereocenters. The number of hydrogen-bond donors (Lipinski definition) is 2. The average molecular weight is 279 g/mol. The molecule has 0 saturated heterocycles. The molecule has 112 valence electrons.